The molecule has 1 amide bonds. The predicted octanol–water partition coefficient (Wildman–Crippen LogP) is 5.35. The van der Waals surface area contributed by atoms with E-state index in [2.05, 4.69) is 76.4 Å². The van der Waals surface area contributed by atoms with E-state index >= 15 is 0 Å². The smallest absolute Gasteiger partial charge is 0.261 e. The Balaban J connectivity index is 1.36. The van der Waals surface area contributed by atoms with Gasteiger partial charge in [0.25, 0.3) is 5.91 Å². The lowest BCUT2D eigenvalue weighted by Gasteiger charge is -2.25. The first-order chi connectivity index (χ1) is 15.2. The molecule has 0 bridgehead atoms. The first kappa shape index (κ1) is 20.3. The summed E-state index contributed by atoms with van der Waals surface area (Å²) in [5, 5.41) is 5.38. The molecule has 160 valence electrons. The summed E-state index contributed by atoms with van der Waals surface area (Å²) in [4.78, 5) is 16.0. The minimum atomic E-state index is 0.0300. The highest BCUT2D eigenvalue weighted by molar-refractivity contribution is 7.21. The Morgan fingerprint density at radius 2 is 1.97 bits per heavy atom. The molecule has 1 aliphatic heterocycles. The Labute approximate surface area is 187 Å². The van der Waals surface area contributed by atoms with Crippen LogP contribution in [0.1, 0.15) is 40.2 Å². The number of aromatic nitrogens is 1. The number of nitrogens with one attached hydrogen (secondary N) is 1. The fourth-order valence-electron chi connectivity index (χ4n) is 5.09. The highest BCUT2D eigenvalue weighted by atomic mass is 32.1. The molecular weight excluding hydrogens is 402 g/mol. The Hall–Kier alpha value is -2.63. The molecule has 4 aromatic rings. The summed E-state index contributed by atoms with van der Waals surface area (Å²) in [5.74, 6) is 0.0300. The van der Waals surface area contributed by atoms with Crippen molar-refractivity contribution in [2.75, 3.05) is 13.6 Å². The zero-order valence-electron chi connectivity index (χ0n) is 18.2. The normalized spacial score (nSPS) is 17.0. The number of amides is 1. The van der Waals surface area contributed by atoms with Crippen LogP contribution in [-0.4, -0.2) is 35.0 Å². The van der Waals surface area contributed by atoms with Gasteiger partial charge in [-0.15, -0.1) is 11.3 Å². The van der Waals surface area contributed by atoms with Crippen molar-refractivity contribution in [3.8, 4) is 0 Å². The van der Waals surface area contributed by atoms with Crippen LogP contribution in [0, 0.1) is 0 Å². The lowest BCUT2D eigenvalue weighted by Crippen LogP contribution is -2.30. The average molecular weight is 432 g/mol. The summed E-state index contributed by atoms with van der Waals surface area (Å²) in [6.07, 6.45) is 4.71. The summed E-state index contributed by atoms with van der Waals surface area (Å²) in [5.41, 5.74) is 3.90. The Kier molecular flexibility index (Phi) is 5.55. The summed E-state index contributed by atoms with van der Waals surface area (Å²) in [7, 11) is 3.90. The van der Waals surface area contributed by atoms with E-state index in [0.29, 0.717) is 6.04 Å². The van der Waals surface area contributed by atoms with Gasteiger partial charge in [0.05, 0.1) is 4.88 Å². The van der Waals surface area contributed by atoms with E-state index in [4.69, 9.17) is 0 Å². The average Bonchev–Trinajstić information content (AvgIpc) is 3.49. The molecule has 4 nitrogen and oxygen atoms in total. The van der Waals surface area contributed by atoms with E-state index in [1.54, 1.807) is 18.4 Å². The van der Waals surface area contributed by atoms with Gasteiger partial charge in [0, 0.05) is 42.6 Å². The minimum absolute atomic E-state index is 0.0300. The molecule has 5 heteroatoms. The van der Waals surface area contributed by atoms with Gasteiger partial charge in [-0.3, -0.25) is 9.69 Å². The number of hydrogen-bond acceptors (Lipinski definition) is 3. The highest BCUT2D eigenvalue weighted by Gasteiger charge is 2.27. The predicted molar refractivity (Wildman–Crippen MR) is 130 cm³/mol. The highest BCUT2D eigenvalue weighted by Crippen LogP contribution is 2.34. The molecule has 2 aromatic heterocycles. The second-order valence-corrected chi connectivity index (χ2v) is 9.60. The number of carbonyl (C=O) groups is 1. The number of fused-ring (bicyclic) bond motifs is 2. The third-order valence-electron chi connectivity index (χ3n) is 6.78. The maximum atomic E-state index is 12.6. The second-order valence-electron chi connectivity index (χ2n) is 8.54. The number of rotatable bonds is 6. The van der Waals surface area contributed by atoms with E-state index in [1.807, 2.05) is 0 Å². The van der Waals surface area contributed by atoms with E-state index in [-0.39, 0.29) is 5.91 Å². The van der Waals surface area contributed by atoms with Gasteiger partial charge in [-0.05, 0) is 66.8 Å². The number of likely N-dealkylation sites (tertiary alicyclic amines) is 1. The van der Waals surface area contributed by atoms with E-state index in [9.17, 15) is 4.79 Å². The van der Waals surface area contributed by atoms with Crippen molar-refractivity contribution in [2.45, 2.75) is 38.3 Å². The molecule has 2 aromatic carbocycles. The van der Waals surface area contributed by atoms with Gasteiger partial charge in [0.2, 0.25) is 0 Å². The summed E-state index contributed by atoms with van der Waals surface area (Å²) >= 11 is 1.61. The van der Waals surface area contributed by atoms with Gasteiger partial charge in [-0.1, -0.05) is 36.4 Å². The van der Waals surface area contributed by atoms with Gasteiger partial charge < -0.3 is 9.88 Å². The van der Waals surface area contributed by atoms with Crippen molar-refractivity contribution in [3.05, 3.63) is 70.7 Å². The SMILES string of the molecule is CNC(=O)c1sc2ccccc2c1CN1CCC[C@H]1CCc1cc2ccccc2n1C. The van der Waals surface area contributed by atoms with E-state index in [0.717, 1.165) is 30.8 Å². The van der Waals surface area contributed by atoms with Gasteiger partial charge in [0.1, 0.15) is 0 Å². The van der Waals surface area contributed by atoms with Crippen LogP contribution in [0.25, 0.3) is 21.0 Å². The summed E-state index contributed by atoms with van der Waals surface area (Å²) < 4.78 is 3.53. The molecule has 0 radical (unpaired) electrons. The van der Waals surface area contributed by atoms with Crippen LogP contribution in [0.4, 0.5) is 0 Å². The molecular formula is C26H29N3OS. The van der Waals surface area contributed by atoms with Crippen LogP contribution in [-0.2, 0) is 20.0 Å². The molecule has 0 unspecified atom stereocenters. The van der Waals surface area contributed by atoms with Gasteiger partial charge in [0.15, 0.2) is 0 Å². The number of para-hydroxylation sites is 1. The molecule has 1 N–H and O–H groups in total. The summed E-state index contributed by atoms with van der Waals surface area (Å²) in [6, 6.07) is 19.9. The number of nitrogens with zero attached hydrogens (tertiary/aromatic N) is 2. The molecule has 3 heterocycles. The Bertz CT molecular complexity index is 1240. The van der Waals surface area contributed by atoms with Crippen molar-refractivity contribution in [2.24, 2.45) is 7.05 Å². The molecule has 1 atom stereocenters. The molecule has 0 saturated carbocycles. The van der Waals surface area contributed by atoms with Gasteiger partial charge in [-0.2, -0.15) is 0 Å². The summed E-state index contributed by atoms with van der Waals surface area (Å²) in [6.45, 7) is 1.96. The van der Waals surface area contributed by atoms with Crippen LogP contribution < -0.4 is 5.32 Å². The van der Waals surface area contributed by atoms with Crippen LogP contribution in [0.2, 0.25) is 0 Å². The lowest BCUT2D eigenvalue weighted by atomic mass is 10.1. The quantitative estimate of drug-likeness (QED) is 0.447. The monoisotopic (exact) mass is 431 g/mol. The number of benzene rings is 2. The van der Waals surface area contributed by atoms with E-state index in [1.165, 1.54) is 45.1 Å². The van der Waals surface area contributed by atoms with Crippen LogP contribution in [0.3, 0.4) is 0 Å². The van der Waals surface area contributed by atoms with Crippen molar-refractivity contribution in [1.82, 2.24) is 14.8 Å². The number of hydrogen-bond donors (Lipinski definition) is 1. The molecule has 31 heavy (non-hydrogen) atoms. The topological polar surface area (TPSA) is 37.3 Å². The molecule has 0 spiro atoms. The minimum Gasteiger partial charge on any atom is -0.354 e. The first-order valence-electron chi connectivity index (χ1n) is 11.2. The maximum Gasteiger partial charge on any atom is 0.261 e. The van der Waals surface area contributed by atoms with Crippen LogP contribution in [0.5, 0.6) is 0 Å². The van der Waals surface area contributed by atoms with Gasteiger partial charge >= 0.3 is 0 Å². The first-order valence-corrected chi connectivity index (χ1v) is 12.0. The van der Waals surface area contributed by atoms with Crippen molar-refractivity contribution < 1.29 is 4.79 Å². The molecule has 0 aliphatic carbocycles. The largest absolute Gasteiger partial charge is 0.354 e. The zero-order chi connectivity index (χ0) is 21.4. The lowest BCUT2D eigenvalue weighted by molar-refractivity contribution is 0.0965. The van der Waals surface area contributed by atoms with Crippen molar-refractivity contribution >= 4 is 38.2 Å². The van der Waals surface area contributed by atoms with Crippen molar-refractivity contribution in [1.29, 1.82) is 0 Å². The second kappa shape index (κ2) is 8.48. The Morgan fingerprint density at radius 1 is 1.16 bits per heavy atom. The molecule has 1 fully saturated rings. The standard InChI is InChI=1S/C26H29N3OS/c1-27-26(30)25-22(21-10-4-6-12-24(21)31-25)17-29-15-7-9-19(29)13-14-20-16-18-8-3-5-11-23(18)28(20)2/h3-6,8,10-12,16,19H,7,9,13-15,17H2,1-2H3,(H,27,30)/t19-/m0/s1. The zero-order valence-corrected chi connectivity index (χ0v) is 19.0. The van der Waals surface area contributed by atoms with Gasteiger partial charge in [-0.25, -0.2) is 0 Å². The third-order valence-corrected chi connectivity index (χ3v) is 7.99. The number of aryl methyl sites for hydroxylation is 2. The molecule has 1 aliphatic rings. The fraction of sp³-hybridized carbons (Fsp3) is 0.346. The Morgan fingerprint density at radius 3 is 2.81 bits per heavy atom. The van der Waals surface area contributed by atoms with Crippen LogP contribution in [0.15, 0.2) is 54.6 Å². The van der Waals surface area contributed by atoms with Crippen LogP contribution >= 0.6 is 11.3 Å². The molecule has 1 saturated heterocycles. The molecule has 5 rings (SSSR count). The number of carbonyl (C=O) groups excluding carboxylic acids is 1. The maximum absolute atomic E-state index is 12.6. The third kappa shape index (κ3) is 3.77. The van der Waals surface area contributed by atoms with Crippen molar-refractivity contribution in [3.63, 3.8) is 0 Å². The number of thiophene rings is 1. The fourth-order valence-corrected chi connectivity index (χ4v) is 6.25. The van der Waals surface area contributed by atoms with E-state index < -0.39 is 0 Å².